The Labute approximate surface area is 111 Å². The third kappa shape index (κ3) is 3.13. The van der Waals surface area contributed by atoms with E-state index in [4.69, 9.17) is 15.7 Å². The van der Waals surface area contributed by atoms with E-state index >= 15 is 0 Å². The molecule has 0 unspecified atom stereocenters. The maximum atomic E-state index is 9.05. The van der Waals surface area contributed by atoms with Gasteiger partial charge in [0.25, 0.3) is 0 Å². The van der Waals surface area contributed by atoms with Gasteiger partial charge in [-0.1, -0.05) is 6.07 Å². The molecule has 1 heterocycles. The summed E-state index contributed by atoms with van der Waals surface area (Å²) >= 11 is 0. The minimum atomic E-state index is 0.404. The maximum absolute atomic E-state index is 9.05. The third-order valence-electron chi connectivity index (χ3n) is 2.44. The summed E-state index contributed by atoms with van der Waals surface area (Å²) in [6, 6.07) is 11.1. The van der Waals surface area contributed by atoms with Crippen LogP contribution in [0.3, 0.4) is 0 Å². The van der Waals surface area contributed by atoms with Gasteiger partial charge in [-0.25, -0.2) is 4.98 Å². The highest BCUT2D eigenvalue weighted by molar-refractivity contribution is 5.65. The Hall–Kier alpha value is -2.74. The molecule has 19 heavy (non-hydrogen) atoms. The number of nitrogens with one attached hydrogen (secondary N) is 1. The number of pyridine rings is 1. The average Bonchev–Trinajstić information content (AvgIpc) is 2.41. The van der Waals surface area contributed by atoms with Gasteiger partial charge < -0.3 is 15.8 Å². The number of ether oxygens (including phenoxy) is 1. The predicted molar refractivity (Wildman–Crippen MR) is 74.3 cm³/mol. The summed E-state index contributed by atoms with van der Waals surface area (Å²) in [6.45, 7) is 2.53. The number of benzene rings is 1. The van der Waals surface area contributed by atoms with Crippen molar-refractivity contribution in [1.82, 2.24) is 4.98 Å². The Kier molecular flexibility index (Phi) is 3.84. The molecular formula is C14H14N4O. The highest BCUT2D eigenvalue weighted by atomic mass is 16.5. The number of nitrogen functional groups attached to an aromatic ring is 1. The Morgan fingerprint density at radius 1 is 1.42 bits per heavy atom. The van der Waals surface area contributed by atoms with E-state index in [0.717, 1.165) is 11.4 Å². The molecule has 1 aromatic carbocycles. The van der Waals surface area contributed by atoms with E-state index < -0.39 is 0 Å². The number of anilines is 3. The average molecular weight is 254 g/mol. The number of nitrogens with zero attached hydrogens (tertiary/aromatic N) is 2. The van der Waals surface area contributed by atoms with E-state index in [1.807, 2.05) is 31.2 Å². The summed E-state index contributed by atoms with van der Waals surface area (Å²) in [4.78, 5) is 4.12. The molecule has 96 valence electrons. The van der Waals surface area contributed by atoms with Crippen molar-refractivity contribution in [2.24, 2.45) is 0 Å². The van der Waals surface area contributed by atoms with E-state index in [0.29, 0.717) is 23.7 Å². The SMILES string of the molecule is CCOc1cccc(Nc2ncc(N)cc2C#N)c1. The Bertz CT molecular complexity index is 619. The summed E-state index contributed by atoms with van der Waals surface area (Å²) in [5, 5.41) is 12.1. The molecule has 2 aromatic rings. The second-order valence-corrected chi connectivity index (χ2v) is 3.86. The highest BCUT2D eigenvalue weighted by Gasteiger charge is 2.05. The molecule has 3 N–H and O–H groups in total. The predicted octanol–water partition coefficient (Wildman–Crippen LogP) is 2.68. The lowest BCUT2D eigenvalue weighted by molar-refractivity contribution is 0.340. The van der Waals surface area contributed by atoms with Crippen molar-refractivity contribution in [3.63, 3.8) is 0 Å². The van der Waals surface area contributed by atoms with Crippen LogP contribution in [0.1, 0.15) is 12.5 Å². The van der Waals surface area contributed by atoms with Gasteiger partial charge in [-0.2, -0.15) is 5.26 Å². The summed E-state index contributed by atoms with van der Waals surface area (Å²) < 4.78 is 5.41. The monoisotopic (exact) mass is 254 g/mol. The first-order valence-corrected chi connectivity index (χ1v) is 5.88. The summed E-state index contributed by atoms with van der Waals surface area (Å²) in [5.74, 6) is 1.24. The Morgan fingerprint density at radius 2 is 2.26 bits per heavy atom. The third-order valence-corrected chi connectivity index (χ3v) is 2.44. The molecule has 1 aromatic heterocycles. The minimum Gasteiger partial charge on any atom is -0.494 e. The molecule has 0 spiro atoms. The highest BCUT2D eigenvalue weighted by Crippen LogP contribution is 2.23. The Balaban J connectivity index is 2.26. The molecule has 0 aliphatic rings. The largest absolute Gasteiger partial charge is 0.494 e. The standard InChI is InChI=1S/C14H14N4O/c1-2-19-13-5-3-4-12(7-13)18-14-10(8-15)6-11(16)9-17-14/h3-7,9H,2,16H2,1H3,(H,17,18). The number of hydrogen-bond donors (Lipinski definition) is 2. The van der Waals surface area contributed by atoms with Gasteiger partial charge in [-0.05, 0) is 25.1 Å². The van der Waals surface area contributed by atoms with Crippen LogP contribution >= 0.6 is 0 Å². The Morgan fingerprint density at radius 3 is 3.00 bits per heavy atom. The van der Waals surface area contributed by atoms with Crippen molar-refractivity contribution in [2.75, 3.05) is 17.7 Å². The van der Waals surface area contributed by atoms with Crippen molar-refractivity contribution in [2.45, 2.75) is 6.92 Å². The van der Waals surface area contributed by atoms with Crippen molar-refractivity contribution in [1.29, 1.82) is 5.26 Å². The molecule has 0 radical (unpaired) electrons. The van der Waals surface area contributed by atoms with E-state index in [9.17, 15) is 0 Å². The first-order valence-electron chi connectivity index (χ1n) is 5.88. The number of aromatic nitrogens is 1. The lowest BCUT2D eigenvalue weighted by atomic mass is 10.2. The van der Waals surface area contributed by atoms with Crippen LogP contribution in [0.5, 0.6) is 5.75 Å². The van der Waals surface area contributed by atoms with E-state index in [2.05, 4.69) is 16.4 Å². The van der Waals surface area contributed by atoms with E-state index in [1.165, 1.54) is 6.20 Å². The zero-order valence-electron chi connectivity index (χ0n) is 10.6. The molecule has 0 aliphatic carbocycles. The van der Waals surface area contributed by atoms with Crippen LogP contribution in [0.25, 0.3) is 0 Å². The van der Waals surface area contributed by atoms with Gasteiger partial charge in [-0.3, -0.25) is 0 Å². The second-order valence-electron chi connectivity index (χ2n) is 3.86. The fourth-order valence-corrected chi connectivity index (χ4v) is 1.63. The van der Waals surface area contributed by atoms with Crippen molar-refractivity contribution in [3.05, 3.63) is 42.1 Å². The number of nitriles is 1. The smallest absolute Gasteiger partial charge is 0.148 e. The topological polar surface area (TPSA) is 84.0 Å². The van der Waals surface area contributed by atoms with Gasteiger partial charge >= 0.3 is 0 Å². The summed E-state index contributed by atoms with van der Waals surface area (Å²) in [7, 11) is 0. The molecular weight excluding hydrogens is 240 g/mol. The van der Waals surface area contributed by atoms with Gasteiger partial charge in [0.15, 0.2) is 0 Å². The molecule has 0 bridgehead atoms. The molecule has 5 nitrogen and oxygen atoms in total. The maximum Gasteiger partial charge on any atom is 0.148 e. The molecule has 0 saturated carbocycles. The van der Waals surface area contributed by atoms with Crippen LogP contribution in [-0.4, -0.2) is 11.6 Å². The number of nitrogens with two attached hydrogens (primary N) is 1. The van der Waals surface area contributed by atoms with Crippen molar-refractivity contribution in [3.8, 4) is 11.8 Å². The molecule has 5 heteroatoms. The normalized spacial score (nSPS) is 9.68. The molecule has 0 aliphatic heterocycles. The van der Waals surface area contributed by atoms with Crippen LogP contribution < -0.4 is 15.8 Å². The van der Waals surface area contributed by atoms with Gasteiger partial charge in [0.1, 0.15) is 17.6 Å². The van der Waals surface area contributed by atoms with Gasteiger partial charge in [0, 0.05) is 11.8 Å². The summed E-state index contributed by atoms with van der Waals surface area (Å²) in [6.07, 6.45) is 1.51. The molecule has 0 amide bonds. The van der Waals surface area contributed by atoms with E-state index in [1.54, 1.807) is 6.07 Å². The first-order chi connectivity index (χ1) is 9.22. The lowest BCUT2D eigenvalue weighted by Crippen LogP contribution is -1.99. The second kappa shape index (κ2) is 5.74. The van der Waals surface area contributed by atoms with Crippen molar-refractivity contribution >= 4 is 17.2 Å². The van der Waals surface area contributed by atoms with E-state index in [-0.39, 0.29) is 0 Å². The zero-order valence-corrected chi connectivity index (χ0v) is 10.6. The molecule has 0 fully saturated rings. The quantitative estimate of drug-likeness (QED) is 0.876. The summed E-state index contributed by atoms with van der Waals surface area (Å²) in [5.41, 5.74) is 7.27. The van der Waals surface area contributed by atoms with Crippen molar-refractivity contribution < 1.29 is 4.74 Å². The van der Waals surface area contributed by atoms with Gasteiger partial charge in [0.2, 0.25) is 0 Å². The van der Waals surface area contributed by atoms with Crippen LogP contribution in [0.4, 0.5) is 17.2 Å². The minimum absolute atomic E-state index is 0.404. The van der Waals surface area contributed by atoms with Crippen LogP contribution in [0.2, 0.25) is 0 Å². The number of hydrogen-bond acceptors (Lipinski definition) is 5. The first kappa shape index (κ1) is 12.7. The van der Waals surface area contributed by atoms with Crippen LogP contribution in [0, 0.1) is 11.3 Å². The van der Waals surface area contributed by atoms with Gasteiger partial charge in [-0.15, -0.1) is 0 Å². The van der Waals surface area contributed by atoms with Crippen LogP contribution in [-0.2, 0) is 0 Å². The fraction of sp³-hybridized carbons (Fsp3) is 0.143. The molecule has 0 atom stereocenters. The lowest BCUT2D eigenvalue weighted by Gasteiger charge is -2.09. The van der Waals surface area contributed by atoms with Crippen LogP contribution in [0.15, 0.2) is 36.5 Å². The van der Waals surface area contributed by atoms with Gasteiger partial charge in [0.05, 0.1) is 24.1 Å². The number of rotatable bonds is 4. The zero-order chi connectivity index (χ0) is 13.7. The fourth-order valence-electron chi connectivity index (χ4n) is 1.63. The molecule has 2 rings (SSSR count). The molecule has 0 saturated heterocycles.